The quantitative estimate of drug-likeness (QED) is 0.526. The van der Waals surface area contributed by atoms with Crippen LogP contribution >= 0.6 is 0 Å². The number of H-pyrrole nitrogens is 1. The number of amides is 2. The van der Waals surface area contributed by atoms with Crippen LogP contribution in [0, 0.1) is 5.82 Å². The van der Waals surface area contributed by atoms with Crippen LogP contribution in [0.1, 0.15) is 21.6 Å². The molecule has 8 heteroatoms. The fourth-order valence-corrected chi connectivity index (χ4v) is 3.78. The van der Waals surface area contributed by atoms with E-state index in [2.05, 4.69) is 20.3 Å². The van der Waals surface area contributed by atoms with Gasteiger partial charge in [-0.15, -0.1) is 0 Å². The van der Waals surface area contributed by atoms with Crippen molar-refractivity contribution in [3.8, 4) is 0 Å². The number of hydrogen-bond donors (Lipinski definition) is 2. The number of hydrogen-bond acceptors (Lipinski definition) is 4. The molecule has 3 heterocycles. The van der Waals surface area contributed by atoms with Gasteiger partial charge in [-0.2, -0.15) is 0 Å². The van der Waals surface area contributed by atoms with Gasteiger partial charge in [0.1, 0.15) is 11.5 Å². The van der Waals surface area contributed by atoms with Crippen molar-refractivity contribution in [1.29, 1.82) is 0 Å². The molecule has 32 heavy (non-hydrogen) atoms. The minimum Gasteiger partial charge on any atom is -0.349 e. The number of fused-ring (bicyclic) bond motifs is 2. The maximum atomic E-state index is 14.7. The Morgan fingerprint density at radius 1 is 1.09 bits per heavy atom. The van der Waals surface area contributed by atoms with E-state index in [4.69, 9.17) is 0 Å². The third kappa shape index (κ3) is 3.31. The van der Waals surface area contributed by atoms with Crippen LogP contribution < -0.4 is 10.2 Å². The van der Waals surface area contributed by atoms with Crippen LogP contribution in [-0.4, -0.2) is 40.7 Å². The number of nitrogens with one attached hydrogen (secondary N) is 2. The minimum absolute atomic E-state index is 0.249. The first-order valence-electron chi connectivity index (χ1n) is 9.96. The van der Waals surface area contributed by atoms with E-state index in [1.165, 1.54) is 11.0 Å². The van der Waals surface area contributed by atoms with Gasteiger partial charge in [0, 0.05) is 29.8 Å². The van der Waals surface area contributed by atoms with Gasteiger partial charge in [0.05, 0.1) is 23.1 Å². The molecule has 2 N–H and O–H groups in total. The lowest BCUT2D eigenvalue weighted by atomic mass is 10.00. The van der Waals surface area contributed by atoms with Crippen LogP contribution in [-0.2, 0) is 4.79 Å². The van der Waals surface area contributed by atoms with Gasteiger partial charge in [-0.25, -0.2) is 9.38 Å². The van der Waals surface area contributed by atoms with Crippen molar-refractivity contribution in [3.05, 3.63) is 95.7 Å². The van der Waals surface area contributed by atoms with Crippen molar-refractivity contribution in [2.75, 3.05) is 11.9 Å². The van der Waals surface area contributed by atoms with Crippen LogP contribution in [0.2, 0.25) is 0 Å². The Balaban J connectivity index is 1.58. The van der Waals surface area contributed by atoms with Gasteiger partial charge in [0.2, 0.25) is 6.17 Å². The van der Waals surface area contributed by atoms with Crippen LogP contribution in [0.25, 0.3) is 10.9 Å². The Morgan fingerprint density at radius 3 is 2.62 bits per heavy atom. The average Bonchev–Trinajstić information content (AvgIpc) is 3.22. The SMILES string of the molecule is CN1C(=O)C(NC(=O)c2cc3ccncc3[nH]2)N=C(c2ccccc2F)c2ccccc21. The summed E-state index contributed by atoms with van der Waals surface area (Å²) < 4.78 is 14.7. The zero-order chi connectivity index (χ0) is 22.2. The maximum absolute atomic E-state index is 14.7. The molecule has 4 aromatic rings. The number of benzodiazepines with no additional fused rings is 1. The lowest BCUT2D eigenvalue weighted by Crippen LogP contribution is -2.46. The van der Waals surface area contributed by atoms with E-state index in [1.54, 1.807) is 74.0 Å². The summed E-state index contributed by atoms with van der Waals surface area (Å²) in [7, 11) is 1.61. The number of halogens is 1. The summed E-state index contributed by atoms with van der Waals surface area (Å²) >= 11 is 0. The van der Waals surface area contributed by atoms with Gasteiger partial charge in [0.25, 0.3) is 11.8 Å². The normalized spacial score (nSPS) is 15.8. The second-order valence-corrected chi connectivity index (χ2v) is 7.39. The van der Waals surface area contributed by atoms with E-state index < -0.39 is 23.8 Å². The van der Waals surface area contributed by atoms with Crippen molar-refractivity contribution in [2.45, 2.75) is 6.17 Å². The highest BCUT2D eigenvalue weighted by atomic mass is 19.1. The first kappa shape index (κ1) is 19.6. The number of rotatable bonds is 3. The summed E-state index contributed by atoms with van der Waals surface area (Å²) in [5, 5.41) is 3.50. The zero-order valence-corrected chi connectivity index (χ0v) is 17.0. The molecule has 2 aromatic heterocycles. The van der Waals surface area contributed by atoms with E-state index >= 15 is 0 Å². The molecule has 5 rings (SSSR count). The third-order valence-electron chi connectivity index (χ3n) is 5.41. The van der Waals surface area contributed by atoms with Gasteiger partial charge in [-0.1, -0.05) is 30.3 Å². The Morgan fingerprint density at radius 2 is 1.84 bits per heavy atom. The molecule has 158 valence electrons. The molecule has 0 aliphatic carbocycles. The maximum Gasteiger partial charge on any atom is 0.272 e. The van der Waals surface area contributed by atoms with E-state index in [0.29, 0.717) is 22.5 Å². The number of aromatic amines is 1. The molecule has 1 atom stereocenters. The van der Waals surface area contributed by atoms with Crippen molar-refractivity contribution in [2.24, 2.45) is 4.99 Å². The number of nitrogens with zero attached hydrogens (tertiary/aromatic N) is 3. The molecule has 0 radical (unpaired) electrons. The van der Waals surface area contributed by atoms with Crippen LogP contribution in [0.5, 0.6) is 0 Å². The zero-order valence-electron chi connectivity index (χ0n) is 17.0. The number of pyridine rings is 1. The molecule has 1 aliphatic heterocycles. The first-order valence-corrected chi connectivity index (χ1v) is 9.96. The van der Waals surface area contributed by atoms with E-state index in [-0.39, 0.29) is 11.3 Å². The summed E-state index contributed by atoms with van der Waals surface area (Å²) in [6.45, 7) is 0. The summed E-state index contributed by atoms with van der Waals surface area (Å²) in [6, 6.07) is 16.8. The summed E-state index contributed by atoms with van der Waals surface area (Å²) in [5.74, 6) is -1.41. The summed E-state index contributed by atoms with van der Waals surface area (Å²) in [5.41, 5.74) is 2.69. The number of carbonyl (C=O) groups is 2. The number of carbonyl (C=O) groups excluding carboxylic acids is 2. The van der Waals surface area contributed by atoms with Gasteiger partial charge >= 0.3 is 0 Å². The molecule has 1 unspecified atom stereocenters. The summed E-state index contributed by atoms with van der Waals surface area (Å²) in [4.78, 5) is 39.1. The molecule has 0 bridgehead atoms. The Labute approximate surface area is 182 Å². The standard InChI is InChI=1S/C24H18FN5O2/c1-30-20-9-5-3-7-16(20)21(15-6-2-4-8-17(15)25)28-22(24(30)32)29-23(31)18-12-14-10-11-26-13-19(14)27-18/h2-13,22,27H,1H3,(H,29,31). The molecule has 0 saturated heterocycles. The predicted octanol–water partition coefficient (Wildman–Crippen LogP) is 3.27. The second kappa shape index (κ2) is 7.73. The fraction of sp³-hybridized carbons (Fsp3) is 0.0833. The summed E-state index contributed by atoms with van der Waals surface area (Å²) in [6.07, 6.45) is 2.00. The van der Waals surface area contributed by atoms with Gasteiger partial charge in [-0.3, -0.25) is 14.6 Å². The molecular weight excluding hydrogens is 409 g/mol. The number of aliphatic imine (C=N–C) groups is 1. The lowest BCUT2D eigenvalue weighted by molar-refractivity contribution is -0.119. The van der Waals surface area contributed by atoms with Crippen molar-refractivity contribution < 1.29 is 14.0 Å². The molecule has 1 aliphatic rings. The molecule has 0 spiro atoms. The number of para-hydroxylation sites is 1. The van der Waals surface area contributed by atoms with Crippen molar-refractivity contribution in [3.63, 3.8) is 0 Å². The number of benzene rings is 2. The largest absolute Gasteiger partial charge is 0.349 e. The highest BCUT2D eigenvalue weighted by Crippen LogP contribution is 2.28. The van der Waals surface area contributed by atoms with Crippen LogP contribution in [0.15, 0.2) is 78.0 Å². The van der Waals surface area contributed by atoms with Crippen LogP contribution in [0.4, 0.5) is 10.1 Å². The Kier molecular flexibility index (Phi) is 4.74. The molecule has 2 amide bonds. The minimum atomic E-state index is -1.24. The molecule has 7 nitrogen and oxygen atoms in total. The molecular formula is C24H18FN5O2. The van der Waals surface area contributed by atoms with Crippen molar-refractivity contribution in [1.82, 2.24) is 15.3 Å². The Bertz CT molecular complexity index is 1360. The highest BCUT2D eigenvalue weighted by molar-refractivity contribution is 6.20. The lowest BCUT2D eigenvalue weighted by Gasteiger charge is -2.20. The Hall–Kier alpha value is -4.33. The van der Waals surface area contributed by atoms with Gasteiger partial charge < -0.3 is 15.2 Å². The van der Waals surface area contributed by atoms with Gasteiger partial charge in [-0.05, 0) is 30.3 Å². The van der Waals surface area contributed by atoms with Crippen LogP contribution in [0.3, 0.4) is 0 Å². The van der Waals surface area contributed by atoms with E-state index in [1.807, 2.05) is 0 Å². The average molecular weight is 427 g/mol. The topological polar surface area (TPSA) is 90.5 Å². The number of likely N-dealkylation sites (N-methyl/N-ethyl adjacent to an activating group) is 1. The van der Waals surface area contributed by atoms with E-state index in [0.717, 1.165) is 5.39 Å². The van der Waals surface area contributed by atoms with E-state index in [9.17, 15) is 14.0 Å². The number of anilines is 1. The predicted molar refractivity (Wildman–Crippen MR) is 119 cm³/mol. The highest BCUT2D eigenvalue weighted by Gasteiger charge is 2.32. The first-order chi connectivity index (χ1) is 15.5. The van der Waals surface area contributed by atoms with Crippen molar-refractivity contribution >= 4 is 34.1 Å². The molecule has 0 saturated carbocycles. The fourth-order valence-electron chi connectivity index (χ4n) is 3.78. The monoisotopic (exact) mass is 427 g/mol. The molecule has 0 fully saturated rings. The number of aromatic nitrogens is 2. The third-order valence-corrected chi connectivity index (χ3v) is 5.41. The smallest absolute Gasteiger partial charge is 0.272 e. The second-order valence-electron chi connectivity index (χ2n) is 7.39. The van der Waals surface area contributed by atoms with Gasteiger partial charge in [0.15, 0.2) is 0 Å². The molecule has 2 aromatic carbocycles.